The van der Waals surface area contributed by atoms with E-state index in [1.807, 2.05) is 0 Å². The Morgan fingerprint density at radius 1 is 1.32 bits per heavy atom. The normalized spacial score (nSPS) is 18.9. The lowest BCUT2D eigenvalue weighted by atomic mass is 10.0. The standard InChI is InChI=1S/C22H26BrF3N6O2/c1-12(24)7-27-8-13-9-30(2)21(33)20-14-11-31(6-5-16(14)29-32(20)10-13)22(34)28-17-4-3-15(25)18(23)19(17)26/h3-4,12-13,27H,5-11H2,1-2H3,(H,28,34)/t12?,13-/m1/s1. The summed E-state index contributed by atoms with van der Waals surface area (Å²) in [4.78, 5) is 29.1. The van der Waals surface area contributed by atoms with E-state index in [4.69, 9.17) is 0 Å². The minimum Gasteiger partial charge on any atom is -0.340 e. The fraction of sp³-hybridized carbons (Fsp3) is 0.500. The maximum atomic E-state index is 14.3. The van der Waals surface area contributed by atoms with E-state index >= 15 is 0 Å². The summed E-state index contributed by atoms with van der Waals surface area (Å²) in [6.45, 7) is 3.74. The SMILES string of the molecule is CC(F)CNC[C@@H]1CN(C)C(=O)c2c3c(nn2C1)CCN(C(=O)Nc1ccc(F)c(Br)c1F)C3. The highest BCUT2D eigenvalue weighted by molar-refractivity contribution is 9.10. The molecule has 0 bridgehead atoms. The number of alkyl halides is 1. The second kappa shape index (κ2) is 9.95. The minimum absolute atomic E-state index is 0.0506. The molecule has 3 heterocycles. The first kappa shape index (κ1) is 24.5. The number of anilines is 1. The van der Waals surface area contributed by atoms with Crippen molar-refractivity contribution in [2.24, 2.45) is 5.92 Å². The van der Waals surface area contributed by atoms with Crippen LogP contribution in [0, 0.1) is 17.6 Å². The molecule has 0 saturated heterocycles. The molecule has 2 aromatic rings. The van der Waals surface area contributed by atoms with Crippen LogP contribution in [0.5, 0.6) is 0 Å². The molecule has 2 atom stereocenters. The second-order valence-corrected chi connectivity index (χ2v) is 9.56. The Labute approximate surface area is 203 Å². The third-order valence-electron chi connectivity index (χ3n) is 6.04. The van der Waals surface area contributed by atoms with Gasteiger partial charge in [0.05, 0.1) is 22.4 Å². The highest BCUT2D eigenvalue weighted by Crippen LogP contribution is 2.29. The van der Waals surface area contributed by atoms with Gasteiger partial charge in [0.2, 0.25) is 0 Å². The molecule has 4 rings (SSSR count). The largest absolute Gasteiger partial charge is 0.340 e. The zero-order chi connectivity index (χ0) is 24.6. The summed E-state index contributed by atoms with van der Waals surface area (Å²) in [5, 5.41) is 10.2. The van der Waals surface area contributed by atoms with Gasteiger partial charge in [-0.05, 0) is 35.0 Å². The van der Waals surface area contributed by atoms with Gasteiger partial charge in [0.15, 0.2) is 5.82 Å². The maximum Gasteiger partial charge on any atom is 0.322 e. The molecule has 0 saturated carbocycles. The summed E-state index contributed by atoms with van der Waals surface area (Å²) in [6, 6.07) is 1.66. The summed E-state index contributed by atoms with van der Waals surface area (Å²) in [5.41, 5.74) is 1.71. The molecule has 0 fully saturated rings. The number of hydrogen-bond donors (Lipinski definition) is 2. The molecule has 2 aliphatic rings. The van der Waals surface area contributed by atoms with Gasteiger partial charge in [-0.3, -0.25) is 9.48 Å². The molecule has 184 valence electrons. The Balaban J connectivity index is 1.52. The van der Waals surface area contributed by atoms with Gasteiger partial charge in [0, 0.05) is 57.7 Å². The van der Waals surface area contributed by atoms with Crippen LogP contribution in [0.2, 0.25) is 0 Å². The van der Waals surface area contributed by atoms with E-state index in [1.165, 1.54) is 11.8 Å². The van der Waals surface area contributed by atoms with Crippen LogP contribution < -0.4 is 10.6 Å². The third kappa shape index (κ3) is 4.92. The van der Waals surface area contributed by atoms with Crippen molar-refractivity contribution in [1.82, 2.24) is 24.9 Å². The first-order chi connectivity index (χ1) is 16.2. The molecular formula is C22H26BrF3N6O2. The third-order valence-corrected chi connectivity index (χ3v) is 6.76. The molecule has 2 aliphatic heterocycles. The van der Waals surface area contributed by atoms with Crippen molar-refractivity contribution in [2.75, 3.05) is 38.5 Å². The van der Waals surface area contributed by atoms with Gasteiger partial charge in [-0.1, -0.05) is 0 Å². The molecule has 0 spiro atoms. The molecule has 34 heavy (non-hydrogen) atoms. The molecule has 2 N–H and O–H groups in total. The van der Waals surface area contributed by atoms with E-state index in [2.05, 4.69) is 31.7 Å². The van der Waals surface area contributed by atoms with Crippen LogP contribution in [0.15, 0.2) is 16.6 Å². The van der Waals surface area contributed by atoms with Crippen molar-refractivity contribution >= 4 is 33.6 Å². The van der Waals surface area contributed by atoms with E-state index in [9.17, 15) is 22.8 Å². The number of benzene rings is 1. The van der Waals surface area contributed by atoms with E-state index in [0.717, 1.165) is 17.8 Å². The average Bonchev–Trinajstić information content (AvgIpc) is 3.09. The molecule has 0 radical (unpaired) electrons. The molecule has 12 heteroatoms. The summed E-state index contributed by atoms with van der Waals surface area (Å²) in [6.07, 6.45) is -0.517. The number of hydrogen-bond acceptors (Lipinski definition) is 4. The quantitative estimate of drug-likeness (QED) is 0.568. The molecule has 8 nitrogen and oxygen atoms in total. The monoisotopic (exact) mass is 542 g/mol. The van der Waals surface area contributed by atoms with Crippen molar-refractivity contribution in [3.63, 3.8) is 0 Å². The highest BCUT2D eigenvalue weighted by Gasteiger charge is 2.34. The van der Waals surface area contributed by atoms with Gasteiger partial charge in [0.25, 0.3) is 5.91 Å². The van der Waals surface area contributed by atoms with Crippen molar-refractivity contribution in [1.29, 1.82) is 0 Å². The van der Waals surface area contributed by atoms with Gasteiger partial charge in [-0.2, -0.15) is 5.10 Å². The summed E-state index contributed by atoms with van der Waals surface area (Å²) < 4.78 is 42.3. The van der Waals surface area contributed by atoms with E-state index in [1.54, 1.807) is 16.6 Å². The lowest BCUT2D eigenvalue weighted by Crippen LogP contribution is -2.40. The van der Waals surface area contributed by atoms with Gasteiger partial charge < -0.3 is 20.4 Å². The number of nitrogens with zero attached hydrogens (tertiary/aromatic N) is 4. The van der Waals surface area contributed by atoms with E-state index in [0.29, 0.717) is 43.9 Å². The Kier molecular flexibility index (Phi) is 7.17. The van der Waals surface area contributed by atoms with Gasteiger partial charge in [-0.15, -0.1) is 0 Å². The fourth-order valence-electron chi connectivity index (χ4n) is 4.36. The van der Waals surface area contributed by atoms with Crippen LogP contribution in [0.4, 0.5) is 23.7 Å². The Bertz CT molecular complexity index is 1110. The first-order valence-corrected chi connectivity index (χ1v) is 11.8. The van der Waals surface area contributed by atoms with Crippen molar-refractivity contribution < 1.29 is 22.8 Å². The Morgan fingerprint density at radius 3 is 2.82 bits per heavy atom. The molecule has 0 aliphatic carbocycles. The van der Waals surface area contributed by atoms with Crippen molar-refractivity contribution in [3.05, 3.63) is 45.2 Å². The summed E-state index contributed by atoms with van der Waals surface area (Å²) >= 11 is 2.83. The number of urea groups is 1. The predicted octanol–water partition coefficient (Wildman–Crippen LogP) is 3.16. The van der Waals surface area contributed by atoms with Gasteiger partial charge in [-0.25, -0.2) is 18.0 Å². The summed E-state index contributed by atoms with van der Waals surface area (Å²) in [7, 11) is 1.71. The zero-order valence-corrected chi connectivity index (χ0v) is 20.5. The van der Waals surface area contributed by atoms with Crippen LogP contribution in [0.1, 0.15) is 28.7 Å². The number of carbonyl (C=O) groups is 2. The minimum atomic E-state index is -0.959. The molecular weight excluding hydrogens is 517 g/mol. The molecule has 1 aromatic heterocycles. The van der Waals surface area contributed by atoms with Crippen LogP contribution >= 0.6 is 15.9 Å². The average molecular weight is 543 g/mol. The van der Waals surface area contributed by atoms with Crippen LogP contribution in [0.25, 0.3) is 0 Å². The van der Waals surface area contributed by atoms with Crippen LogP contribution in [0.3, 0.4) is 0 Å². The van der Waals surface area contributed by atoms with E-state index in [-0.39, 0.29) is 35.1 Å². The number of carbonyl (C=O) groups excluding carboxylic acids is 2. The number of rotatable bonds is 5. The molecule has 3 amide bonds. The number of aromatic nitrogens is 2. The highest BCUT2D eigenvalue weighted by atomic mass is 79.9. The van der Waals surface area contributed by atoms with Crippen LogP contribution in [-0.2, 0) is 19.5 Å². The van der Waals surface area contributed by atoms with Crippen LogP contribution in [-0.4, -0.2) is 70.9 Å². The lowest BCUT2D eigenvalue weighted by Gasteiger charge is -2.27. The number of halogens is 4. The molecule has 1 aromatic carbocycles. The zero-order valence-electron chi connectivity index (χ0n) is 18.9. The van der Waals surface area contributed by atoms with E-state index < -0.39 is 23.8 Å². The number of nitrogens with one attached hydrogen (secondary N) is 2. The Hall–Kier alpha value is -2.60. The second-order valence-electron chi connectivity index (χ2n) is 8.77. The first-order valence-electron chi connectivity index (χ1n) is 11.0. The topological polar surface area (TPSA) is 82.5 Å². The summed E-state index contributed by atoms with van der Waals surface area (Å²) in [5.74, 6) is -1.81. The number of fused-ring (bicyclic) bond motifs is 3. The maximum absolute atomic E-state index is 14.3. The fourth-order valence-corrected chi connectivity index (χ4v) is 4.70. The van der Waals surface area contributed by atoms with Crippen molar-refractivity contribution in [2.45, 2.75) is 32.6 Å². The smallest absolute Gasteiger partial charge is 0.322 e. The van der Waals surface area contributed by atoms with Crippen molar-refractivity contribution in [3.8, 4) is 0 Å². The lowest BCUT2D eigenvalue weighted by molar-refractivity contribution is 0.0778. The Morgan fingerprint density at radius 2 is 2.09 bits per heavy atom. The number of amides is 3. The van der Waals surface area contributed by atoms with Gasteiger partial charge in [0.1, 0.15) is 17.7 Å². The predicted molar refractivity (Wildman–Crippen MR) is 123 cm³/mol. The van der Waals surface area contributed by atoms with Gasteiger partial charge >= 0.3 is 6.03 Å². The molecule has 1 unspecified atom stereocenters.